The summed E-state index contributed by atoms with van der Waals surface area (Å²) < 4.78 is 1.76. The third kappa shape index (κ3) is 3.20. The summed E-state index contributed by atoms with van der Waals surface area (Å²) in [5, 5.41) is 8.67. The molecule has 0 spiro atoms. The average Bonchev–Trinajstić information content (AvgIpc) is 2.81. The van der Waals surface area contributed by atoms with Gasteiger partial charge in [-0.05, 0) is 24.5 Å². The molecule has 0 N–H and O–H groups in total. The van der Waals surface area contributed by atoms with Crippen molar-refractivity contribution >= 4 is 17.9 Å². The van der Waals surface area contributed by atoms with Gasteiger partial charge in [0, 0.05) is 5.02 Å². The van der Waals surface area contributed by atoms with E-state index >= 15 is 0 Å². The Labute approximate surface area is 117 Å². The molecule has 2 rings (SSSR count). The normalized spacial score (nSPS) is 10.6. The van der Waals surface area contributed by atoms with Gasteiger partial charge in [-0.15, -0.1) is 5.10 Å². The van der Waals surface area contributed by atoms with Crippen LogP contribution in [0.1, 0.15) is 41.5 Å². The quantitative estimate of drug-likeness (QED) is 0.762. The molecular weight excluding hydrogens is 262 g/mol. The van der Waals surface area contributed by atoms with Crippen molar-refractivity contribution in [2.75, 3.05) is 0 Å². The number of nitrogens with zero attached hydrogens (tertiary/aromatic N) is 3. The fourth-order valence-electron chi connectivity index (χ4n) is 1.95. The van der Waals surface area contributed by atoms with Crippen LogP contribution in [0.4, 0.5) is 0 Å². The monoisotopic (exact) mass is 277 g/mol. The third-order valence-corrected chi connectivity index (χ3v) is 3.39. The molecule has 19 heavy (non-hydrogen) atoms. The van der Waals surface area contributed by atoms with Gasteiger partial charge in [0.2, 0.25) is 0 Å². The lowest BCUT2D eigenvalue weighted by atomic mass is 10.1. The van der Waals surface area contributed by atoms with Gasteiger partial charge < -0.3 is 0 Å². The largest absolute Gasteiger partial charge is 0.296 e. The smallest absolute Gasteiger partial charge is 0.172 e. The maximum Gasteiger partial charge on any atom is 0.172 e. The second-order valence-corrected chi connectivity index (χ2v) is 4.80. The number of rotatable bonds is 6. The molecule has 2 aromatic rings. The molecule has 0 saturated carbocycles. The van der Waals surface area contributed by atoms with Gasteiger partial charge in [-0.2, -0.15) is 0 Å². The van der Waals surface area contributed by atoms with Crippen molar-refractivity contribution in [3.05, 3.63) is 46.2 Å². The van der Waals surface area contributed by atoms with Gasteiger partial charge in [0.15, 0.2) is 6.29 Å². The highest BCUT2D eigenvalue weighted by atomic mass is 35.5. The van der Waals surface area contributed by atoms with Crippen LogP contribution in [-0.2, 0) is 13.0 Å². The molecule has 4 nitrogen and oxygen atoms in total. The van der Waals surface area contributed by atoms with Crippen LogP contribution < -0.4 is 0 Å². The zero-order valence-corrected chi connectivity index (χ0v) is 11.6. The zero-order chi connectivity index (χ0) is 13.7. The van der Waals surface area contributed by atoms with Crippen LogP contribution >= 0.6 is 11.6 Å². The van der Waals surface area contributed by atoms with Crippen LogP contribution in [0.2, 0.25) is 5.02 Å². The number of carbonyl (C=O) groups is 1. The van der Waals surface area contributed by atoms with Gasteiger partial charge in [-0.1, -0.05) is 48.4 Å². The minimum atomic E-state index is 0.431. The Balaban J connectivity index is 2.27. The number of aromatic nitrogens is 3. The number of aldehydes is 1. The Morgan fingerprint density at radius 3 is 2.84 bits per heavy atom. The first-order valence-corrected chi connectivity index (χ1v) is 6.75. The highest BCUT2D eigenvalue weighted by molar-refractivity contribution is 6.31. The van der Waals surface area contributed by atoms with Crippen LogP contribution in [0.3, 0.4) is 0 Å². The topological polar surface area (TPSA) is 47.8 Å². The summed E-state index contributed by atoms with van der Waals surface area (Å²) in [5.74, 6) is 0. The zero-order valence-electron chi connectivity index (χ0n) is 10.8. The molecule has 0 bridgehead atoms. The first kappa shape index (κ1) is 13.7. The van der Waals surface area contributed by atoms with E-state index in [2.05, 4.69) is 17.2 Å². The average molecular weight is 278 g/mol. The van der Waals surface area contributed by atoms with E-state index in [1.54, 1.807) is 4.68 Å². The van der Waals surface area contributed by atoms with Gasteiger partial charge in [0.1, 0.15) is 5.69 Å². The standard InChI is InChI=1S/C14H16ClN3O/c1-2-3-8-14-13(10-19)16-17-18(14)9-11-6-4-5-7-12(11)15/h4-7,10H,2-3,8-9H2,1H3. The van der Waals surface area contributed by atoms with E-state index < -0.39 is 0 Å². The van der Waals surface area contributed by atoms with Crippen molar-refractivity contribution < 1.29 is 4.79 Å². The van der Waals surface area contributed by atoms with Crippen molar-refractivity contribution in [1.82, 2.24) is 15.0 Å². The van der Waals surface area contributed by atoms with E-state index in [1.165, 1.54) is 0 Å². The first-order chi connectivity index (χ1) is 9.26. The molecule has 0 fully saturated rings. The van der Waals surface area contributed by atoms with E-state index in [1.807, 2.05) is 24.3 Å². The maximum atomic E-state index is 11.0. The van der Waals surface area contributed by atoms with Crippen LogP contribution in [0.25, 0.3) is 0 Å². The fourth-order valence-corrected chi connectivity index (χ4v) is 2.15. The van der Waals surface area contributed by atoms with E-state index in [0.29, 0.717) is 17.3 Å². The third-order valence-electron chi connectivity index (χ3n) is 3.02. The molecule has 0 amide bonds. The molecule has 0 aliphatic rings. The van der Waals surface area contributed by atoms with Crippen molar-refractivity contribution in [2.24, 2.45) is 0 Å². The second kappa shape index (κ2) is 6.48. The van der Waals surface area contributed by atoms with Crippen LogP contribution in [0.5, 0.6) is 0 Å². The molecule has 0 aliphatic heterocycles. The van der Waals surface area contributed by atoms with Gasteiger partial charge in [0.05, 0.1) is 12.2 Å². The van der Waals surface area contributed by atoms with Crippen LogP contribution in [-0.4, -0.2) is 21.3 Å². The van der Waals surface area contributed by atoms with Gasteiger partial charge in [-0.3, -0.25) is 4.79 Å². The summed E-state index contributed by atoms with van der Waals surface area (Å²) in [6, 6.07) is 7.63. The summed E-state index contributed by atoms with van der Waals surface area (Å²) in [6.45, 7) is 2.66. The highest BCUT2D eigenvalue weighted by Crippen LogP contribution is 2.17. The van der Waals surface area contributed by atoms with Crippen molar-refractivity contribution in [1.29, 1.82) is 0 Å². The number of halogens is 1. The van der Waals surface area contributed by atoms with Crippen LogP contribution in [0, 0.1) is 0 Å². The van der Waals surface area contributed by atoms with E-state index in [0.717, 1.165) is 36.8 Å². The highest BCUT2D eigenvalue weighted by Gasteiger charge is 2.12. The SMILES string of the molecule is CCCCc1c(C=O)nnn1Cc1ccccc1Cl. The molecule has 0 aliphatic carbocycles. The number of unbranched alkanes of at least 4 members (excludes halogenated alkanes) is 1. The molecule has 100 valence electrons. The minimum absolute atomic E-state index is 0.431. The lowest BCUT2D eigenvalue weighted by molar-refractivity contribution is 0.111. The summed E-state index contributed by atoms with van der Waals surface area (Å²) in [6.07, 6.45) is 3.65. The molecule has 0 unspecified atom stereocenters. The Morgan fingerprint density at radius 2 is 2.16 bits per heavy atom. The summed E-state index contributed by atoms with van der Waals surface area (Å²) >= 11 is 6.14. The number of benzene rings is 1. The summed E-state index contributed by atoms with van der Waals surface area (Å²) in [4.78, 5) is 11.0. The predicted molar refractivity (Wildman–Crippen MR) is 74.6 cm³/mol. The Kier molecular flexibility index (Phi) is 4.68. The molecule has 1 heterocycles. The number of hydrogen-bond donors (Lipinski definition) is 0. The number of hydrogen-bond acceptors (Lipinski definition) is 3. The lowest BCUT2D eigenvalue weighted by Gasteiger charge is -2.07. The molecule has 0 atom stereocenters. The first-order valence-electron chi connectivity index (χ1n) is 6.37. The Hall–Kier alpha value is -1.68. The van der Waals surface area contributed by atoms with E-state index in [9.17, 15) is 4.79 Å². The molecule has 1 aromatic carbocycles. The van der Waals surface area contributed by atoms with E-state index in [4.69, 9.17) is 11.6 Å². The van der Waals surface area contributed by atoms with E-state index in [-0.39, 0.29) is 0 Å². The van der Waals surface area contributed by atoms with Crippen LogP contribution in [0.15, 0.2) is 24.3 Å². The fraction of sp³-hybridized carbons (Fsp3) is 0.357. The minimum Gasteiger partial charge on any atom is -0.296 e. The van der Waals surface area contributed by atoms with Crippen molar-refractivity contribution in [2.45, 2.75) is 32.7 Å². The van der Waals surface area contributed by atoms with Gasteiger partial charge in [-0.25, -0.2) is 4.68 Å². The Bertz CT molecular complexity index is 566. The van der Waals surface area contributed by atoms with Crippen molar-refractivity contribution in [3.8, 4) is 0 Å². The summed E-state index contributed by atoms with van der Waals surface area (Å²) in [7, 11) is 0. The number of carbonyl (C=O) groups excluding carboxylic acids is 1. The molecule has 1 aromatic heterocycles. The predicted octanol–water partition coefficient (Wildman–Crippen LogP) is 3.13. The molecule has 0 saturated heterocycles. The van der Waals surface area contributed by atoms with Gasteiger partial charge in [0.25, 0.3) is 0 Å². The van der Waals surface area contributed by atoms with Gasteiger partial charge >= 0.3 is 0 Å². The lowest BCUT2D eigenvalue weighted by Crippen LogP contribution is -2.08. The molecule has 0 radical (unpaired) electrons. The molecular formula is C14H16ClN3O. The summed E-state index contributed by atoms with van der Waals surface area (Å²) in [5.41, 5.74) is 2.29. The maximum absolute atomic E-state index is 11.0. The second-order valence-electron chi connectivity index (χ2n) is 4.39. The Morgan fingerprint density at radius 1 is 1.37 bits per heavy atom. The molecule has 5 heteroatoms. The van der Waals surface area contributed by atoms with Crippen molar-refractivity contribution in [3.63, 3.8) is 0 Å².